The number of epoxide rings is 1. The fraction of sp³-hybridized carbons (Fsp3) is 0.684. The maximum absolute atomic E-state index is 5.65. The second-order valence-corrected chi connectivity index (χ2v) is 6.95. The summed E-state index contributed by atoms with van der Waals surface area (Å²) in [7, 11) is 0. The number of ether oxygens (including phenoxy) is 1. The molecule has 1 aliphatic rings. The smallest absolute Gasteiger partial charge is 0.0892 e. The maximum atomic E-state index is 5.65. The average molecular weight is 274 g/mol. The molecule has 1 fully saturated rings. The number of hydrogen-bond donors (Lipinski definition) is 0. The Hall–Kier alpha value is -0.820. The minimum absolute atomic E-state index is 0.167. The Morgan fingerprint density at radius 1 is 1.10 bits per heavy atom. The minimum Gasteiger partial charge on any atom is -0.367 e. The molecule has 1 nitrogen and oxygen atoms in total. The van der Waals surface area contributed by atoms with E-state index < -0.39 is 0 Å². The molecule has 0 N–H and O–H groups in total. The Labute approximate surface area is 124 Å². The molecule has 1 heterocycles. The molecule has 0 aromatic heterocycles. The van der Waals surface area contributed by atoms with Crippen molar-refractivity contribution in [1.82, 2.24) is 0 Å². The Morgan fingerprint density at radius 3 is 2.25 bits per heavy atom. The summed E-state index contributed by atoms with van der Waals surface area (Å²) in [6.45, 7) is 8.99. The van der Waals surface area contributed by atoms with E-state index in [0.717, 1.165) is 12.3 Å². The van der Waals surface area contributed by atoms with E-state index in [1.54, 1.807) is 0 Å². The van der Waals surface area contributed by atoms with Crippen LogP contribution < -0.4 is 0 Å². The molecule has 1 saturated heterocycles. The monoisotopic (exact) mass is 274 g/mol. The van der Waals surface area contributed by atoms with Gasteiger partial charge in [0, 0.05) is 0 Å². The second kappa shape index (κ2) is 6.76. The zero-order valence-corrected chi connectivity index (χ0v) is 13.6. The lowest BCUT2D eigenvalue weighted by Crippen LogP contribution is -2.05. The van der Waals surface area contributed by atoms with Crippen LogP contribution in [0.3, 0.4) is 0 Å². The molecule has 2 unspecified atom stereocenters. The van der Waals surface area contributed by atoms with Gasteiger partial charge in [-0.05, 0) is 63.0 Å². The van der Waals surface area contributed by atoms with Gasteiger partial charge in [0.15, 0.2) is 0 Å². The molecule has 0 amide bonds. The Morgan fingerprint density at radius 2 is 1.70 bits per heavy atom. The van der Waals surface area contributed by atoms with Gasteiger partial charge >= 0.3 is 0 Å². The first kappa shape index (κ1) is 15.6. The van der Waals surface area contributed by atoms with E-state index in [4.69, 9.17) is 4.74 Å². The summed E-state index contributed by atoms with van der Waals surface area (Å²) in [5.74, 6) is 0.824. The van der Waals surface area contributed by atoms with Crippen LogP contribution in [0, 0.1) is 5.92 Å². The van der Waals surface area contributed by atoms with E-state index in [1.165, 1.54) is 43.2 Å². The highest BCUT2D eigenvalue weighted by Crippen LogP contribution is 2.39. The SMILES string of the molecule is CCc1ccc(CCCC(C)CCC2OC2(C)C)cc1. The van der Waals surface area contributed by atoms with Crippen molar-refractivity contribution in [1.29, 1.82) is 0 Å². The van der Waals surface area contributed by atoms with Gasteiger partial charge in [0.25, 0.3) is 0 Å². The predicted octanol–water partition coefficient (Wildman–Crippen LogP) is 5.17. The quantitative estimate of drug-likeness (QED) is 0.596. The van der Waals surface area contributed by atoms with Gasteiger partial charge in [0.05, 0.1) is 11.7 Å². The molecule has 112 valence electrons. The number of rotatable bonds is 8. The third-order valence-corrected chi connectivity index (χ3v) is 4.68. The van der Waals surface area contributed by atoms with Crippen LogP contribution in [0.15, 0.2) is 24.3 Å². The van der Waals surface area contributed by atoms with Crippen molar-refractivity contribution in [2.75, 3.05) is 0 Å². The lowest BCUT2D eigenvalue weighted by Gasteiger charge is -2.10. The van der Waals surface area contributed by atoms with E-state index in [9.17, 15) is 0 Å². The van der Waals surface area contributed by atoms with Gasteiger partial charge in [-0.1, -0.05) is 44.5 Å². The van der Waals surface area contributed by atoms with Crippen LogP contribution in [0.4, 0.5) is 0 Å². The zero-order valence-electron chi connectivity index (χ0n) is 13.6. The van der Waals surface area contributed by atoms with Crippen molar-refractivity contribution in [2.24, 2.45) is 5.92 Å². The lowest BCUT2D eigenvalue weighted by atomic mass is 9.94. The third-order valence-electron chi connectivity index (χ3n) is 4.68. The van der Waals surface area contributed by atoms with Crippen molar-refractivity contribution in [3.8, 4) is 0 Å². The maximum Gasteiger partial charge on any atom is 0.0892 e. The van der Waals surface area contributed by atoms with Crippen LogP contribution in [0.5, 0.6) is 0 Å². The molecule has 20 heavy (non-hydrogen) atoms. The molecular formula is C19H30O. The second-order valence-electron chi connectivity index (χ2n) is 6.95. The molecule has 1 aromatic carbocycles. The van der Waals surface area contributed by atoms with Crippen molar-refractivity contribution < 1.29 is 4.74 Å². The van der Waals surface area contributed by atoms with Gasteiger partial charge < -0.3 is 4.74 Å². The predicted molar refractivity (Wildman–Crippen MR) is 86.1 cm³/mol. The first-order chi connectivity index (χ1) is 9.51. The van der Waals surface area contributed by atoms with Crippen molar-refractivity contribution in [3.63, 3.8) is 0 Å². The molecule has 1 aliphatic heterocycles. The van der Waals surface area contributed by atoms with Gasteiger partial charge in [0.2, 0.25) is 0 Å². The van der Waals surface area contributed by atoms with Crippen LogP contribution in [0.1, 0.15) is 64.5 Å². The summed E-state index contributed by atoms with van der Waals surface area (Å²) in [6.07, 6.45) is 8.06. The highest BCUT2D eigenvalue weighted by Gasteiger charge is 2.46. The molecule has 2 rings (SSSR count). The molecule has 0 spiro atoms. The number of benzene rings is 1. The van der Waals surface area contributed by atoms with E-state index in [1.807, 2.05) is 0 Å². The summed E-state index contributed by atoms with van der Waals surface area (Å²) >= 11 is 0. The van der Waals surface area contributed by atoms with Gasteiger partial charge in [0.1, 0.15) is 0 Å². The van der Waals surface area contributed by atoms with Crippen LogP contribution in [-0.2, 0) is 17.6 Å². The molecule has 0 bridgehead atoms. The molecule has 0 radical (unpaired) electrons. The average Bonchev–Trinajstić information content (AvgIpc) is 3.05. The topological polar surface area (TPSA) is 12.5 Å². The molecular weight excluding hydrogens is 244 g/mol. The van der Waals surface area contributed by atoms with E-state index >= 15 is 0 Å². The van der Waals surface area contributed by atoms with Crippen molar-refractivity contribution in [2.45, 2.75) is 77.9 Å². The fourth-order valence-electron chi connectivity index (χ4n) is 2.92. The standard InChI is InChI=1S/C19H30O/c1-5-16-10-12-17(13-11-16)8-6-7-15(2)9-14-18-19(3,4)20-18/h10-13,15,18H,5-9,14H2,1-4H3. The largest absolute Gasteiger partial charge is 0.367 e. The van der Waals surface area contributed by atoms with Crippen LogP contribution >= 0.6 is 0 Å². The lowest BCUT2D eigenvalue weighted by molar-refractivity contribution is 0.312. The highest BCUT2D eigenvalue weighted by molar-refractivity contribution is 5.22. The van der Waals surface area contributed by atoms with Crippen molar-refractivity contribution >= 4 is 0 Å². The molecule has 1 aromatic rings. The third kappa shape index (κ3) is 4.63. The fourth-order valence-corrected chi connectivity index (χ4v) is 2.92. The molecule has 0 aliphatic carbocycles. The number of aryl methyl sites for hydroxylation is 2. The Kier molecular flexibility index (Phi) is 5.26. The van der Waals surface area contributed by atoms with E-state index in [0.29, 0.717) is 6.10 Å². The molecule has 1 heteroatoms. The van der Waals surface area contributed by atoms with Crippen molar-refractivity contribution in [3.05, 3.63) is 35.4 Å². The summed E-state index contributed by atoms with van der Waals surface area (Å²) in [4.78, 5) is 0. The van der Waals surface area contributed by atoms with Crippen LogP contribution in [0.25, 0.3) is 0 Å². The van der Waals surface area contributed by atoms with Crippen LogP contribution in [-0.4, -0.2) is 11.7 Å². The zero-order chi connectivity index (χ0) is 14.6. The summed E-state index contributed by atoms with van der Waals surface area (Å²) in [5, 5.41) is 0. The molecule has 0 saturated carbocycles. The van der Waals surface area contributed by atoms with Gasteiger partial charge in [-0.2, -0.15) is 0 Å². The first-order valence-electron chi connectivity index (χ1n) is 8.27. The van der Waals surface area contributed by atoms with Gasteiger partial charge in [-0.3, -0.25) is 0 Å². The van der Waals surface area contributed by atoms with E-state index in [2.05, 4.69) is 52.0 Å². The Bertz CT molecular complexity index is 404. The van der Waals surface area contributed by atoms with Crippen LogP contribution in [0.2, 0.25) is 0 Å². The Balaban J connectivity index is 1.60. The summed E-state index contributed by atoms with van der Waals surface area (Å²) in [6, 6.07) is 9.13. The van der Waals surface area contributed by atoms with Gasteiger partial charge in [-0.25, -0.2) is 0 Å². The molecule has 2 atom stereocenters. The van der Waals surface area contributed by atoms with E-state index in [-0.39, 0.29) is 5.60 Å². The van der Waals surface area contributed by atoms with Gasteiger partial charge in [-0.15, -0.1) is 0 Å². The summed E-state index contributed by atoms with van der Waals surface area (Å²) < 4.78 is 5.65. The first-order valence-corrected chi connectivity index (χ1v) is 8.27. The normalized spacial score (nSPS) is 21.7. The highest BCUT2D eigenvalue weighted by atomic mass is 16.6. The number of hydrogen-bond acceptors (Lipinski definition) is 1. The summed E-state index contributed by atoms with van der Waals surface area (Å²) in [5.41, 5.74) is 3.09. The minimum atomic E-state index is 0.167.